The van der Waals surface area contributed by atoms with Gasteiger partial charge in [-0.15, -0.1) is 0 Å². The van der Waals surface area contributed by atoms with Crippen LogP contribution in [-0.2, 0) is 6.54 Å². The average molecular weight is 176 g/mol. The molecule has 1 rings (SSSR count). The molecular formula is C11H16N2. The molecule has 0 spiro atoms. The van der Waals surface area contributed by atoms with Gasteiger partial charge in [-0.3, -0.25) is 4.99 Å². The summed E-state index contributed by atoms with van der Waals surface area (Å²) in [5.41, 5.74) is 1.25. The predicted molar refractivity (Wildman–Crippen MR) is 56.9 cm³/mol. The summed E-state index contributed by atoms with van der Waals surface area (Å²) in [6.07, 6.45) is 0. The second kappa shape index (κ2) is 4.65. The fourth-order valence-electron chi connectivity index (χ4n) is 0.931. The smallest absolute Gasteiger partial charge is 0.0956 e. The number of rotatable bonds is 2. The zero-order valence-electron chi connectivity index (χ0n) is 8.49. The monoisotopic (exact) mass is 176 g/mol. The Morgan fingerprint density at radius 3 is 2.38 bits per heavy atom. The Kier molecular flexibility index (Phi) is 3.50. The van der Waals surface area contributed by atoms with Crippen LogP contribution in [0.4, 0.5) is 0 Å². The van der Waals surface area contributed by atoms with Gasteiger partial charge in [-0.2, -0.15) is 0 Å². The Labute approximate surface area is 79.9 Å². The average Bonchev–Trinajstić information content (AvgIpc) is 2.15. The Morgan fingerprint density at radius 1 is 1.23 bits per heavy atom. The van der Waals surface area contributed by atoms with Gasteiger partial charge >= 0.3 is 0 Å². The summed E-state index contributed by atoms with van der Waals surface area (Å²) in [6, 6.07) is 10.3. The first kappa shape index (κ1) is 9.78. The van der Waals surface area contributed by atoms with E-state index in [9.17, 15) is 0 Å². The molecule has 70 valence electrons. The van der Waals surface area contributed by atoms with Crippen LogP contribution >= 0.6 is 0 Å². The van der Waals surface area contributed by atoms with E-state index >= 15 is 0 Å². The topological polar surface area (TPSA) is 15.6 Å². The molecule has 0 saturated carbocycles. The summed E-state index contributed by atoms with van der Waals surface area (Å²) < 4.78 is 0. The quantitative estimate of drug-likeness (QED) is 0.498. The van der Waals surface area contributed by atoms with Gasteiger partial charge in [-0.1, -0.05) is 30.3 Å². The summed E-state index contributed by atoms with van der Waals surface area (Å²) in [6.45, 7) is 2.79. The Balaban J connectivity index is 2.57. The molecule has 1 aromatic carbocycles. The number of amidine groups is 1. The minimum absolute atomic E-state index is 0.769. The fraction of sp³-hybridized carbons (Fsp3) is 0.364. The van der Waals surface area contributed by atoms with Gasteiger partial charge in [0, 0.05) is 14.1 Å². The predicted octanol–water partition coefficient (Wildman–Crippen LogP) is 2.17. The van der Waals surface area contributed by atoms with Gasteiger partial charge in [0.05, 0.1) is 12.4 Å². The molecule has 0 bridgehead atoms. The molecule has 2 heteroatoms. The van der Waals surface area contributed by atoms with Gasteiger partial charge in [-0.05, 0) is 12.5 Å². The summed E-state index contributed by atoms with van der Waals surface area (Å²) in [5.74, 6) is 1.06. The zero-order valence-corrected chi connectivity index (χ0v) is 8.49. The van der Waals surface area contributed by atoms with Crippen molar-refractivity contribution < 1.29 is 0 Å². The van der Waals surface area contributed by atoms with Crippen molar-refractivity contribution in [1.29, 1.82) is 0 Å². The largest absolute Gasteiger partial charge is 0.367 e. The van der Waals surface area contributed by atoms with Crippen LogP contribution in [0.3, 0.4) is 0 Å². The summed E-state index contributed by atoms with van der Waals surface area (Å²) in [7, 11) is 4.01. The summed E-state index contributed by atoms with van der Waals surface area (Å²) in [5, 5.41) is 0. The first-order valence-electron chi connectivity index (χ1n) is 4.42. The number of hydrogen-bond donors (Lipinski definition) is 0. The number of hydrogen-bond acceptors (Lipinski definition) is 1. The molecule has 0 aromatic heterocycles. The van der Waals surface area contributed by atoms with E-state index in [1.807, 2.05) is 44.1 Å². The van der Waals surface area contributed by atoms with E-state index in [4.69, 9.17) is 0 Å². The fourth-order valence-corrected chi connectivity index (χ4v) is 0.931. The van der Waals surface area contributed by atoms with Crippen LogP contribution in [0, 0.1) is 0 Å². The highest BCUT2D eigenvalue weighted by Gasteiger charge is 1.92. The van der Waals surface area contributed by atoms with Gasteiger partial charge in [0.25, 0.3) is 0 Å². The highest BCUT2D eigenvalue weighted by atomic mass is 15.1. The third-order valence-corrected chi connectivity index (χ3v) is 1.98. The molecular weight excluding hydrogens is 160 g/mol. The van der Waals surface area contributed by atoms with Crippen LogP contribution in [0.2, 0.25) is 0 Å². The molecule has 0 radical (unpaired) electrons. The van der Waals surface area contributed by atoms with Gasteiger partial charge in [0.2, 0.25) is 0 Å². The number of benzene rings is 1. The minimum atomic E-state index is 0.769. The number of aliphatic imine (C=N–C) groups is 1. The van der Waals surface area contributed by atoms with Crippen LogP contribution in [0.15, 0.2) is 35.3 Å². The van der Waals surface area contributed by atoms with Crippen molar-refractivity contribution in [2.24, 2.45) is 4.99 Å². The van der Waals surface area contributed by atoms with E-state index in [2.05, 4.69) is 17.1 Å². The van der Waals surface area contributed by atoms with E-state index < -0.39 is 0 Å². The molecule has 0 amide bonds. The van der Waals surface area contributed by atoms with E-state index in [0.29, 0.717) is 0 Å². The molecule has 0 atom stereocenters. The minimum Gasteiger partial charge on any atom is -0.367 e. The lowest BCUT2D eigenvalue weighted by Gasteiger charge is -2.10. The maximum Gasteiger partial charge on any atom is 0.0956 e. The van der Waals surface area contributed by atoms with Crippen molar-refractivity contribution in [3.63, 3.8) is 0 Å². The van der Waals surface area contributed by atoms with Crippen LogP contribution < -0.4 is 0 Å². The van der Waals surface area contributed by atoms with E-state index in [0.717, 1.165) is 12.4 Å². The summed E-state index contributed by atoms with van der Waals surface area (Å²) >= 11 is 0. The van der Waals surface area contributed by atoms with Crippen molar-refractivity contribution in [2.75, 3.05) is 14.1 Å². The van der Waals surface area contributed by atoms with E-state index in [1.54, 1.807) is 0 Å². The summed E-state index contributed by atoms with van der Waals surface area (Å²) in [4.78, 5) is 6.45. The normalized spacial score (nSPS) is 11.5. The molecule has 13 heavy (non-hydrogen) atoms. The highest BCUT2D eigenvalue weighted by molar-refractivity contribution is 5.79. The van der Waals surface area contributed by atoms with Crippen molar-refractivity contribution in [3.05, 3.63) is 35.9 Å². The zero-order chi connectivity index (χ0) is 9.68. The Hall–Kier alpha value is -1.31. The highest BCUT2D eigenvalue weighted by Crippen LogP contribution is 2.00. The molecule has 0 heterocycles. The van der Waals surface area contributed by atoms with Gasteiger partial charge in [0.15, 0.2) is 0 Å². The lowest BCUT2D eigenvalue weighted by Crippen LogP contribution is -2.18. The maximum absolute atomic E-state index is 4.44. The molecule has 1 aromatic rings. The van der Waals surface area contributed by atoms with Crippen LogP contribution in [-0.4, -0.2) is 24.8 Å². The van der Waals surface area contributed by atoms with Gasteiger partial charge in [-0.25, -0.2) is 0 Å². The van der Waals surface area contributed by atoms with Crippen molar-refractivity contribution in [2.45, 2.75) is 13.5 Å². The third-order valence-electron chi connectivity index (χ3n) is 1.98. The lowest BCUT2D eigenvalue weighted by molar-refractivity contribution is 0.613. The lowest BCUT2D eigenvalue weighted by atomic mass is 10.2. The number of nitrogens with zero attached hydrogens (tertiary/aromatic N) is 2. The molecule has 0 N–H and O–H groups in total. The SMILES string of the molecule is CC(=NCc1ccccc1)N(C)C. The van der Waals surface area contributed by atoms with Crippen LogP contribution in [0.1, 0.15) is 12.5 Å². The Morgan fingerprint density at radius 2 is 1.85 bits per heavy atom. The molecule has 0 unspecified atom stereocenters. The van der Waals surface area contributed by atoms with Crippen molar-refractivity contribution in [3.8, 4) is 0 Å². The standard InChI is InChI=1S/C11H16N2/c1-10(13(2)3)12-9-11-7-5-4-6-8-11/h4-8H,9H2,1-3H3. The van der Waals surface area contributed by atoms with E-state index in [1.165, 1.54) is 5.56 Å². The van der Waals surface area contributed by atoms with Crippen LogP contribution in [0.5, 0.6) is 0 Å². The second-order valence-electron chi connectivity index (χ2n) is 3.24. The van der Waals surface area contributed by atoms with Gasteiger partial charge in [0.1, 0.15) is 0 Å². The van der Waals surface area contributed by atoms with Crippen molar-refractivity contribution >= 4 is 5.84 Å². The third kappa shape index (κ3) is 3.28. The first-order chi connectivity index (χ1) is 6.20. The van der Waals surface area contributed by atoms with Crippen molar-refractivity contribution in [1.82, 2.24) is 4.90 Å². The molecule has 0 fully saturated rings. The first-order valence-corrected chi connectivity index (χ1v) is 4.42. The maximum atomic E-state index is 4.44. The molecule has 0 aliphatic heterocycles. The molecule has 0 aliphatic carbocycles. The van der Waals surface area contributed by atoms with Crippen LogP contribution in [0.25, 0.3) is 0 Å². The van der Waals surface area contributed by atoms with Gasteiger partial charge < -0.3 is 4.90 Å². The Bertz CT molecular complexity index is 275. The molecule has 0 saturated heterocycles. The second-order valence-corrected chi connectivity index (χ2v) is 3.24. The molecule has 0 aliphatic rings. The molecule has 2 nitrogen and oxygen atoms in total. The van der Waals surface area contributed by atoms with E-state index in [-0.39, 0.29) is 0 Å².